The van der Waals surface area contributed by atoms with Crippen molar-refractivity contribution in [3.63, 3.8) is 0 Å². The van der Waals surface area contributed by atoms with Gasteiger partial charge in [0.25, 0.3) is 10.0 Å². The molecule has 0 saturated heterocycles. The molecular formula is C23H23ClN2O4S. The first-order valence-corrected chi connectivity index (χ1v) is 11.5. The van der Waals surface area contributed by atoms with Gasteiger partial charge < -0.3 is 10.1 Å². The highest BCUT2D eigenvalue weighted by atomic mass is 35.5. The number of nitrogens with zero attached hydrogens (tertiary/aromatic N) is 1. The highest BCUT2D eigenvalue weighted by molar-refractivity contribution is 7.92. The lowest BCUT2D eigenvalue weighted by Gasteiger charge is -2.25. The maximum absolute atomic E-state index is 13.3. The fourth-order valence-electron chi connectivity index (χ4n) is 2.89. The number of hydrogen-bond acceptors (Lipinski definition) is 4. The lowest BCUT2D eigenvalue weighted by atomic mass is 10.3. The molecule has 0 heterocycles. The van der Waals surface area contributed by atoms with Crippen LogP contribution in [0.3, 0.4) is 0 Å². The Hall–Kier alpha value is -3.03. The molecule has 0 bridgehead atoms. The van der Waals surface area contributed by atoms with Crippen molar-refractivity contribution >= 4 is 38.9 Å². The number of amides is 1. The fourth-order valence-corrected chi connectivity index (χ4v) is 4.64. The van der Waals surface area contributed by atoms with E-state index in [-0.39, 0.29) is 21.7 Å². The van der Waals surface area contributed by atoms with E-state index in [1.165, 1.54) is 12.1 Å². The molecule has 0 aliphatic carbocycles. The minimum Gasteiger partial charge on any atom is -0.491 e. The molecule has 6 nitrogen and oxygen atoms in total. The summed E-state index contributed by atoms with van der Waals surface area (Å²) in [5, 5.41) is 2.95. The number of carbonyl (C=O) groups is 1. The number of carbonyl (C=O) groups excluding carboxylic acids is 1. The van der Waals surface area contributed by atoms with E-state index in [9.17, 15) is 13.2 Å². The largest absolute Gasteiger partial charge is 0.491 e. The Kier molecular flexibility index (Phi) is 7.20. The van der Waals surface area contributed by atoms with Gasteiger partial charge in [0.15, 0.2) is 0 Å². The molecule has 0 saturated carbocycles. The topological polar surface area (TPSA) is 75.7 Å². The molecular weight excluding hydrogens is 436 g/mol. The van der Waals surface area contributed by atoms with Gasteiger partial charge >= 0.3 is 0 Å². The first-order valence-electron chi connectivity index (χ1n) is 9.66. The van der Waals surface area contributed by atoms with Crippen LogP contribution in [-0.2, 0) is 14.8 Å². The van der Waals surface area contributed by atoms with Crippen molar-refractivity contribution in [1.82, 2.24) is 0 Å². The predicted octanol–water partition coefficient (Wildman–Crippen LogP) is 4.96. The van der Waals surface area contributed by atoms with E-state index >= 15 is 0 Å². The normalized spacial score (nSPS) is 11.2. The van der Waals surface area contributed by atoms with Crippen LogP contribution in [0.25, 0.3) is 0 Å². The van der Waals surface area contributed by atoms with E-state index in [0.717, 1.165) is 4.31 Å². The van der Waals surface area contributed by atoms with Crippen LogP contribution in [0.4, 0.5) is 11.4 Å². The fraction of sp³-hybridized carbons (Fsp3) is 0.174. The molecule has 0 aliphatic heterocycles. The minimum atomic E-state index is -4.02. The monoisotopic (exact) mass is 458 g/mol. The van der Waals surface area contributed by atoms with Gasteiger partial charge in [-0.15, -0.1) is 0 Å². The van der Waals surface area contributed by atoms with Crippen LogP contribution in [0.5, 0.6) is 5.75 Å². The quantitative estimate of drug-likeness (QED) is 0.517. The molecule has 0 fully saturated rings. The van der Waals surface area contributed by atoms with E-state index in [1.54, 1.807) is 66.7 Å². The van der Waals surface area contributed by atoms with Crippen molar-refractivity contribution in [2.75, 3.05) is 16.2 Å². The van der Waals surface area contributed by atoms with Gasteiger partial charge in [0.05, 0.1) is 21.7 Å². The van der Waals surface area contributed by atoms with Crippen molar-refractivity contribution < 1.29 is 17.9 Å². The molecule has 1 N–H and O–H groups in total. The van der Waals surface area contributed by atoms with Gasteiger partial charge in [-0.25, -0.2) is 8.42 Å². The molecule has 8 heteroatoms. The number of hydrogen-bond donors (Lipinski definition) is 1. The highest BCUT2D eigenvalue weighted by Crippen LogP contribution is 2.30. The second kappa shape index (κ2) is 9.85. The molecule has 3 aromatic rings. The highest BCUT2D eigenvalue weighted by Gasteiger charge is 2.28. The molecule has 0 atom stereocenters. The molecule has 162 valence electrons. The number of benzene rings is 3. The molecule has 0 unspecified atom stereocenters. The third-order valence-corrected chi connectivity index (χ3v) is 6.34. The maximum atomic E-state index is 13.3. The number of ether oxygens (including phenoxy) is 1. The van der Waals surface area contributed by atoms with Gasteiger partial charge in [0.1, 0.15) is 12.3 Å². The van der Waals surface area contributed by atoms with Crippen LogP contribution >= 0.6 is 11.6 Å². The lowest BCUT2D eigenvalue weighted by Crippen LogP contribution is -2.38. The summed E-state index contributed by atoms with van der Waals surface area (Å²) in [6, 6.07) is 21.3. The summed E-state index contributed by atoms with van der Waals surface area (Å²) in [7, 11) is -4.02. The van der Waals surface area contributed by atoms with E-state index in [4.69, 9.17) is 16.3 Å². The summed E-state index contributed by atoms with van der Waals surface area (Å²) in [5.41, 5.74) is 0.751. The number of halogens is 1. The van der Waals surface area contributed by atoms with Crippen molar-refractivity contribution in [3.05, 3.63) is 83.9 Å². The van der Waals surface area contributed by atoms with Crippen molar-refractivity contribution in [1.29, 1.82) is 0 Å². The summed E-state index contributed by atoms with van der Waals surface area (Å²) < 4.78 is 33.2. The average Bonchev–Trinajstić information content (AvgIpc) is 2.74. The van der Waals surface area contributed by atoms with Gasteiger partial charge in [-0.1, -0.05) is 41.9 Å². The van der Waals surface area contributed by atoms with Crippen LogP contribution in [0.15, 0.2) is 83.8 Å². The number of nitrogens with one attached hydrogen (secondary N) is 1. The number of anilines is 2. The molecule has 0 radical (unpaired) electrons. The third kappa shape index (κ3) is 5.77. The summed E-state index contributed by atoms with van der Waals surface area (Å²) >= 11 is 6.26. The molecule has 0 aliphatic rings. The standard InChI is InChI=1S/C23H23ClN2O4S/c1-17(2)30-19-14-12-18(13-15-19)25-23(27)16-26(22-11-7-6-10-21(22)24)31(28,29)20-8-4-3-5-9-20/h3-15,17H,16H2,1-2H3,(H,25,27). The van der Waals surface area contributed by atoms with Crippen molar-refractivity contribution in [2.45, 2.75) is 24.8 Å². The summed E-state index contributed by atoms with van der Waals surface area (Å²) in [5.74, 6) is 0.175. The van der Waals surface area contributed by atoms with Crippen LogP contribution < -0.4 is 14.4 Å². The van der Waals surface area contributed by atoms with Gasteiger partial charge in [-0.3, -0.25) is 9.10 Å². The van der Waals surface area contributed by atoms with Crippen LogP contribution in [0.2, 0.25) is 5.02 Å². The van der Waals surface area contributed by atoms with Gasteiger partial charge in [0, 0.05) is 5.69 Å². The SMILES string of the molecule is CC(C)Oc1ccc(NC(=O)CN(c2ccccc2Cl)S(=O)(=O)c2ccccc2)cc1. The minimum absolute atomic E-state index is 0.0350. The smallest absolute Gasteiger partial charge is 0.264 e. The second-order valence-corrected chi connectivity index (χ2v) is 9.28. The number of para-hydroxylation sites is 1. The molecule has 3 rings (SSSR count). The zero-order valence-electron chi connectivity index (χ0n) is 17.2. The van der Waals surface area contributed by atoms with E-state index in [1.807, 2.05) is 13.8 Å². The van der Waals surface area contributed by atoms with Crippen molar-refractivity contribution in [3.8, 4) is 5.75 Å². The van der Waals surface area contributed by atoms with Crippen molar-refractivity contribution in [2.24, 2.45) is 0 Å². The Bertz CT molecular complexity index is 1130. The molecule has 1 amide bonds. The van der Waals surface area contributed by atoms with Gasteiger partial charge in [-0.2, -0.15) is 0 Å². The number of sulfonamides is 1. The Morgan fingerprint density at radius 3 is 2.19 bits per heavy atom. The zero-order valence-corrected chi connectivity index (χ0v) is 18.7. The zero-order chi connectivity index (χ0) is 22.4. The summed E-state index contributed by atoms with van der Waals surface area (Å²) in [4.78, 5) is 12.8. The maximum Gasteiger partial charge on any atom is 0.264 e. The summed E-state index contributed by atoms with van der Waals surface area (Å²) in [6.45, 7) is 3.41. The van der Waals surface area contributed by atoms with Crippen LogP contribution in [-0.4, -0.2) is 27.0 Å². The van der Waals surface area contributed by atoms with E-state index in [0.29, 0.717) is 11.4 Å². The lowest BCUT2D eigenvalue weighted by molar-refractivity contribution is -0.114. The Labute approximate surface area is 187 Å². The molecule has 31 heavy (non-hydrogen) atoms. The van der Waals surface area contributed by atoms with E-state index < -0.39 is 22.5 Å². The van der Waals surface area contributed by atoms with E-state index in [2.05, 4.69) is 5.32 Å². The van der Waals surface area contributed by atoms with Crippen LogP contribution in [0.1, 0.15) is 13.8 Å². The molecule has 0 aromatic heterocycles. The Balaban J connectivity index is 1.85. The molecule has 3 aromatic carbocycles. The summed E-state index contributed by atoms with van der Waals surface area (Å²) in [6.07, 6.45) is 0.0350. The predicted molar refractivity (Wildman–Crippen MR) is 123 cm³/mol. The second-order valence-electron chi connectivity index (χ2n) is 7.02. The van der Waals surface area contributed by atoms with Gasteiger partial charge in [-0.05, 0) is 62.4 Å². The van der Waals surface area contributed by atoms with Crippen LogP contribution in [0, 0.1) is 0 Å². The first-order chi connectivity index (χ1) is 14.8. The number of rotatable bonds is 8. The molecule has 0 spiro atoms. The average molecular weight is 459 g/mol. The Morgan fingerprint density at radius 1 is 0.968 bits per heavy atom. The first kappa shape index (κ1) is 22.7. The third-order valence-electron chi connectivity index (χ3n) is 4.25. The Morgan fingerprint density at radius 2 is 1.58 bits per heavy atom. The van der Waals surface area contributed by atoms with Gasteiger partial charge in [0.2, 0.25) is 5.91 Å².